The Hall–Kier alpha value is -2.82. The first-order chi connectivity index (χ1) is 11.3. The first kappa shape index (κ1) is 16.1. The van der Waals surface area contributed by atoms with E-state index >= 15 is 0 Å². The summed E-state index contributed by atoms with van der Waals surface area (Å²) in [4.78, 5) is 17.3. The van der Waals surface area contributed by atoms with Crippen LogP contribution in [0.2, 0.25) is 0 Å². The lowest BCUT2D eigenvalue weighted by molar-refractivity contribution is 0.195. The van der Waals surface area contributed by atoms with Gasteiger partial charge in [0.1, 0.15) is 0 Å². The highest BCUT2D eigenvalue weighted by atomic mass is 16.4. The molecule has 0 unspecified atom stereocenters. The number of aryl methyl sites for hydroxylation is 1. The van der Waals surface area contributed by atoms with Crippen LogP contribution in [0.1, 0.15) is 20.8 Å². The fraction of sp³-hybridized carbons (Fsp3) is 0.263. The maximum absolute atomic E-state index is 11.7. The Bertz CT molecular complexity index is 906. The number of nitrogens with zero attached hydrogens (tertiary/aromatic N) is 3. The molecule has 0 atom stereocenters. The zero-order valence-corrected chi connectivity index (χ0v) is 14.3. The molecule has 1 N–H and O–H groups in total. The van der Waals surface area contributed by atoms with Crippen molar-refractivity contribution in [2.45, 2.75) is 26.3 Å². The largest absolute Gasteiger partial charge is 0.465 e. The average Bonchev–Trinajstić information content (AvgIpc) is 2.87. The third kappa shape index (κ3) is 2.85. The highest BCUT2D eigenvalue weighted by Gasteiger charge is 2.28. The molecule has 0 saturated heterocycles. The molecule has 124 valence electrons. The third-order valence-electron chi connectivity index (χ3n) is 4.06. The van der Waals surface area contributed by atoms with Gasteiger partial charge < -0.3 is 9.67 Å². The molecule has 0 aliphatic carbocycles. The van der Waals surface area contributed by atoms with Gasteiger partial charge in [-0.15, -0.1) is 0 Å². The van der Waals surface area contributed by atoms with Crippen LogP contribution in [-0.4, -0.2) is 26.3 Å². The molecule has 1 aromatic carbocycles. The Morgan fingerprint density at radius 1 is 1.12 bits per heavy atom. The van der Waals surface area contributed by atoms with E-state index in [2.05, 4.69) is 27.8 Å². The molecule has 0 saturated carbocycles. The molecule has 2 heterocycles. The van der Waals surface area contributed by atoms with Gasteiger partial charge in [0.15, 0.2) is 0 Å². The van der Waals surface area contributed by atoms with E-state index in [4.69, 9.17) is 0 Å². The van der Waals surface area contributed by atoms with Crippen molar-refractivity contribution in [1.29, 1.82) is 0 Å². The molecule has 2 aromatic heterocycles. The van der Waals surface area contributed by atoms with Crippen LogP contribution >= 0.6 is 0 Å². The molecule has 0 bridgehead atoms. The zero-order valence-electron chi connectivity index (χ0n) is 14.3. The third-order valence-corrected chi connectivity index (χ3v) is 4.06. The lowest BCUT2D eigenvalue weighted by Gasteiger charge is -2.33. The van der Waals surface area contributed by atoms with E-state index in [-0.39, 0.29) is 0 Å². The van der Waals surface area contributed by atoms with Gasteiger partial charge >= 0.3 is 6.09 Å². The van der Waals surface area contributed by atoms with Crippen LogP contribution in [0.5, 0.6) is 0 Å². The van der Waals surface area contributed by atoms with Crippen LogP contribution in [0, 0.1) is 0 Å². The van der Waals surface area contributed by atoms with E-state index in [0.717, 1.165) is 22.0 Å². The van der Waals surface area contributed by atoms with Crippen molar-refractivity contribution in [3.05, 3.63) is 48.9 Å². The van der Waals surface area contributed by atoms with Gasteiger partial charge in [-0.2, -0.15) is 0 Å². The highest BCUT2D eigenvalue weighted by molar-refractivity contribution is 5.89. The van der Waals surface area contributed by atoms with Gasteiger partial charge in [-0.05, 0) is 50.6 Å². The van der Waals surface area contributed by atoms with E-state index in [1.807, 2.05) is 46.1 Å². The quantitative estimate of drug-likeness (QED) is 0.754. The number of anilines is 1. The second kappa shape index (κ2) is 5.67. The van der Waals surface area contributed by atoms with E-state index in [1.165, 1.54) is 4.90 Å². The van der Waals surface area contributed by atoms with Gasteiger partial charge in [-0.25, -0.2) is 4.79 Å². The standard InChI is InChI=1S/C19H21N3O2/c1-19(2,3)22(18(23)24)16-10-15(11-20-12-16)13-5-6-17-14(9-13)7-8-21(17)4/h5-12H,1-4H3,(H,23,24). The number of benzene rings is 1. The number of pyridine rings is 1. The van der Waals surface area contributed by atoms with Crippen LogP contribution in [0.4, 0.5) is 10.5 Å². The van der Waals surface area contributed by atoms with Crippen molar-refractivity contribution < 1.29 is 9.90 Å². The van der Waals surface area contributed by atoms with Crippen molar-refractivity contribution in [2.24, 2.45) is 7.05 Å². The smallest absolute Gasteiger partial charge is 0.412 e. The fourth-order valence-electron chi connectivity index (χ4n) is 2.95. The fourth-order valence-corrected chi connectivity index (χ4v) is 2.95. The zero-order chi connectivity index (χ0) is 17.5. The van der Waals surface area contributed by atoms with Crippen molar-refractivity contribution in [2.75, 3.05) is 4.90 Å². The Morgan fingerprint density at radius 3 is 2.54 bits per heavy atom. The number of carboxylic acid groups (broad SMARTS) is 1. The SMILES string of the molecule is Cn1ccc2cc(-c3cncc(N(C(=O)O)C(C)(C)C)c3)ccc21. The van der Waals surface area contributed by atoms with Crippen LogP contribution < -0.4 is 4.90 Å². The van der Waals surface area contributed by atoms with E-state index < -0.39 is 11.6 Å². The van der Waals surface area contributed by atoms with E-state index in [9.17, 15) is 9.90 Å². The van der Waals surface area contributed by atoms with Crippen LogP contribution in [-0.2, 0) is 7.05 Å². The summed E-state index contributed by atoms with van der Waals surface area (Å²) in [5.41, 5.74) is 3.09. The summed E-state index contributed by atoms with van der Waals surface area (Å²) >= 11 is 0. The maximum atomic E-state index is 11.7. The van der Waals surface area contributed by atoms with E-state index in [1.54, 1.807) is 12.4 Å². The Labute approximate surface area is 141 Å². The Balaban J connectivity index is 2.07. The summed E-state index contributed by atoms with van der Waals surface area (Å²) in [6, 6.07) is 10.1. The lowest BCUT2D eigenvalue weighted by Crippen LogP contribution is -2.45. The van der Waals surface area contributed by atoms with Crippen LogP contribution in [0.25, 0.3) is 22.0 Å². The summed E-state index contributed by atoms with van der Waals surface area (Å²) in [5.74, 6) is 0. The number of aromatic nitrogens is 2. The topological polar surface area (TPSA) is 58.4 Å². The maximum Gasteiger partial charge on any atom is 0.412 e. The Kier molecular flexibility index (Phi) is 3.79. The monoisotopic (exact) mass is 323 g/mol. The van der Waals surface area contributed by atoms with Crippen molar-refractivity contribution in [3.63, 3.8) is 0 Å². The second-order valence-electron chi connectivity index (χ2n) is 6.92. The summed E-state index contributed by atoms with van der Waals surface area (Å²) in [7, 11) is 2.01. The first-order valence-electron chi connectivity index (χ1n) is 7.81. The summed E-state index contributed by atoms with van der Waals surface area (Å²) in [5, 5.41) is 10.7. The average molecular weight is 323 g/mol. The molecule has 0 aliphatic rings. The predicted octanol–water partition coefficient (Wildman–Crippen LogP) is 4.52. The lowest BCUT2D eigenvalue weighted by atomic mass is 10.0. The van der Waals surface area contributed by atoms with Gasteiger partial charge in [0, 0.05) is 41.4 Å². The molecule has 0 spiro atoms. The number of amides is 1. The molecular weight excluding hydrogens is 302 g/mol. The summed E-state index contributed by atoms with van der Waals surface area (Å²) in [6.07, 6.45) is 4.38. The number of hydrogen-bond acceptors (Lipinski definition) is 2. The highest BCUT2D eigenvalue weighted by Crippen LogP contribution is 2.29. The summed E-state index contributed by atoms with van der Waals surface area (Å²) in [6.45, 7) is 5.59. The molecule has 3 aromatic rings. The predicted molar refractivity (Wildman–Crippen MR) is 96.4 cm³/mol. The minimum absolute atomic E-state index is 0.546. The van der Waals surface area contributed by atoms with Crippen molar-refractivity contribution in [3.8, 4) is 11.1 Å². The molecule has 5 nitrogen and oxygen atoms in total. The molecule has 0 aliphatic heterocycles. The van der Waals surface area contributed by atoms with Gasteiger partial charge in [-0.3, -0.25) is 9.88 Å². The second-order valence-corrected chi connectivity index (χ2v) is 6.92. The number of fused-ring (bicyclic) bond motifs is 1. The van der Waals surface area contributed by atoms with Gasteiger partial charge in [0.25, 0.3) is 0 Å². The first-order valence-corrected chi connectivity index (χ1v) is 7.81. The molecule has 5 heteroatoms. The Morgan fingerprint density at radius 2 is 1.88 bits per heavy atom. The number of hydrogen-bond donors (Lipinski definition) is 1. The summed E-state index contributed by atoms with van der Waals surface area (Å²) < 4.78 is 2.07. The minimum Gasteiger partial charge on any atom is -0.465 e. The molecule has 3 rings (SSSR count). The molecule has 0 radical (unpaired) electrons. The van der Waals surface area contributed by atoms with E-state index in [0.29, 0.717) is 5.69 Å². The van der Waals surface area contributed by atoms with Gasteiger partial charge in [0.05, 0.1) is 11.9 Å². The van der Waals surface area contributed by atoms with Crippen LogP contribution in [0.15, 0.2) is 48.9 Å². The van der Waals surface area contributed by atoms with Crippen molar-refractivity contribution >= 4 is 22.7 Å². The number of carbonyl (C=O) groups is 1. The van der Waals surface area contributed by atoms with Gasteiger partial charge in [-0.1, -0.05) is 6.07 Å². The number of rotatable bonds is 2. The van der Waals surface area contributed by atoms with Crippen molar-refractivity contribution in [1.82, 2.24) is 9.55 Å². The normalized spacial score (nSPS) is 11.7. The molecule has 0 fully saturated rings. The minimum atomic E-state index is -0.986. The van der Waals surface area contributed by atoms with Gasteiger partial charge in [0.2, 0.25) is 0 Å². The van der Waals surface area contributed by atoms with Crippen LogP contribution in [0.3, 0.4) is 0 Å². The molecule has 1 amide bonds. The molecule has 24 heavy (non-hydrogen) atoms. The molecular formula is C19H21N3O2.